The van der Waals surface area contributed by atoms with Crippen molar-refractivity contribution in [2.24, 2.45) is 4.99 Å². The molecule has 146 valence electrons. The molecule has 1 N–H and O–H groups in total. The lowest BCUT2D eigenvalue weighted by Gasteiger charge is -2.30. The lowest BCUT2D eigenvalue weighted by Crippen LogP contribution is -2.45. The summed E-state index contributed by atoms with van der Waals surface area (Å²) in [7, 11) is 0. The van der Waals surface area contributed by atoms with Gasteiger partial charge in [-0.05, 0) is 50.2 Å². The molecule has 0 aromatic heterocycles. The molecular weight excluding hydrogens is 374 g/mol. The van der Waals surface area contributed by atoms with Crippen molar-refractivity contribution in [2.75, 3.05) is 18.5 Å². The highest BCUT2D eigenvalue weighted by atomic mass is 32.2. The number of aliphatic imine (C=N–C) groups is 1. The maximum absolute atomic E-state index is 12.7. The number of amides is 2. The molecule has 0 spiro atoms. The van der Waals surface area contributed by atoms with Crippen molar-refractivity contribution in [3.05, 3.63) is 54.6 Å². The zero-order valence-corrected chi connectivity index (χ0v) is 16.7. The Balaban J connectivity index is 1.73. The number of thioether (sulfide) groups is 1. The molecule has 1 aliphatic heterocycles. The van der Waals surface area contributed by atoms with Crippen LogP contribution in [0.4, 0.5) is 11.4 Å². The lowest BCUT2D eigenvalue weighted by atomic mass is 10.2. The van der Waals surface area contributed by atoms with Crippen LogP contribution in [-0.2, 0) is 9.59 Å². The van der Waals surface area contributed by atoms with Crippen LogP contribution in [0.3, 0.4) is 0 Å². The number of nitrogens with one attached hydrogen (secondary N) is 1. The van der Waals surface area contributed by atoms with E-state index < -0.39 is 5.25 Å². The average Bonchev–Trinajstić information content (AvgIpc) is 2.70. The third-order valence-corrected chi connectivity index (χ3v) is 5.35. The van der Waals surface area contributed by atoms with Gasteiger partial charge in [0.25, 0.3) is 0 Å². The fourth-order valence-corrected chi connectivity index (χ4v) is 3.95. The molecule has 1 saturated heterocycles. The Kier molecular flexibility index (Phi) is 6.71. The molecule has 0 bridgehead atoms. The lowest BCUT2D eigenvalue weighted by molar-refractivity contribution is -0.129. The van der Waals surface area contributed by atoms with E-state index in [1.165, 1.54) is 11.8 Å². The van der Waals surface area contributed by atoms with Crippen molar-refractivity contribution in [1.82, 2.24) is 4.90 Å². The number of hydrogen-bond acceptors (Lipinski definition) is 5. The van der Waals surface area contributed by atoms with Gasteiger partial charge in [-0.1, -0.05) is 30.0 Å². The van der Waals surface area contributed by atoms with Crippen molar-refractivity contribution in [3.63, 3.8) is 0 Å². The Bertz CT molecular complexity index is 853. The van der Waals surface area contributed by atoms with Crippen molar-refractivity contribution in [1.29, 1.82) is 0 Å². The Hall–Kier alpha value is -2.80. The fraction of sp³-hybridized carbons (Fsp3) is 0.286. The number of hydrogen-bond donors (Lipinski definition) is 1. The van der Waals surface area contributed by atoms with Crippen molar-refractivity contribution in [3.8, 4) is 5.75 Å². The Morgan fingerprint density at radius 1 is 1.18 bits per heavy atom. The summed E-state index contributed by atoms with van der Waals surface area (Å²) in [6.07, 6.45) is 0.148. The van der Waals surface area contributed by atoms with Crippen LogP contribution < -0.4 is 10.1 Å². The van der Waals surface area contributed by atoms with Crippen LogP contribution in [0, 0.1) is 0 Å². The van der Waals surface area contributed by atoms with E-state index in [9.17, 15) is 9.59 Å². The van der Waals surface area contributed by atoms with Gasteiger partial charge in [-0.15, -0.1) is 0 Å². The number of carbonyl (C=O) groups excluding carboxylic acids is 2. The first-order valence-corrected chi connectivity index (χ1v) is 10.1. The molecule has 0 radical (unpaired) electrons. The Morgan fingerprint density at radius 2 is 1.89 bits per heavy atom. The first kappa shape index (κ1) is 19.9. The van der Waals surface area contributed by atoms with E-state index >= 15 is 0 Å². The molecule has 1 atom stereocenters. The van der Waals surface area contributed by atoms with Gasteiger partial charge < -0.3 is 10.1 Å². The highest BCUT2D eigenvalue weighted by molar-refractivity contribution is 8.15. The molecule has 1 heterocycles. The quantitative estimate of drug-likeness (QED) is 0.798. The molecule has 7 heteroatoms. The van der Waals surface area contributed by atoms with Gasteiger partial charge in [0, 0.05) is 18.7 Å². The summed E-state index contributed by atoms with van der Waals surface area (Å²) in [4.78, 5) is 31.5. The minimum atomic E-state index is -0.524. The van der Waals surface area contributed by atoms with Crippen LogP contribution in [0.5, 0.6) is 5.75 Å². The maximum Gasteiger partial charge on any atom is 0.238 e. The minimum Gasteiger partial charge on any atom is -0.494 e. The van der Waals surface area contributed by atoms with Gasteiger partial charge in [0.05, 0.1) is 12.3 Å². The molecule has 6 nitrogen and oxygen atoms in total. The molecule has 0 saturated carbocycles. The number of rotatable bonds is 6. The average molecular weight is 398 g/mol. The van der Waals surface area contributed by atoms with Gasteiger partial charge in [0.1, 0.15) is 11.0 Å². The molecule has 2 amide bonds. The van der Waals surface area contributed by atoms with Crippen LogP contribution in [0.25, 0.3) is 0 Å². The topological polar surface area (TPSA) is 71.0 Å². The number of para-hydroxylation sites is 1. The SMILES string of the molecule is CCOc1ccc(NC(=O)C2CC(=O)N(CC)C(=Nc3ccccc3)S2)cc1. The summed E-state index contributed by atoms with van der Waals surface area (Å²) in [6, 6.07) is 16.6. The third-order valence-electron chi connectivity index (χ3n) is 4.16. The first-order valence-electron chi connectivity index (χ1n) is 9.25. The molecule has 1 unspecified atom stereocenters. The van der Waals surface area contributed by atoms with Gasteiger partial charge in [-0.2, -0.15) is 0 Å². The zero-order chi connectivity index (χ0) is 19.9. The van der Waals surface area contributed by atoms with Crippen LogP contribution in [-0.4, -0.2) is 40.3 Å². The van der Waals surface area contributed by atoms with E-state index in [0.717, 1.165) is 11.4 Å². The van der Waals surface area contributed by atoms with E-state index in [0.29, 0.717) is 24.0 Å². The van der Waals surface area contributed by atoms with E-state index in [2.05, 4.69) is 10.3 Å². The molecule has 28 heavy (non-hydrogen) atoms. The molecule has 2 aromatic rings. The number of anilines is 1. The van der Waals surface area contributed by atoms with E-state index in [-0.39, 0.29) is 18.2 Å². The summed E-state index contributed by atoms with van der Waals surface area (Å²) in [6.45, 7) is 4.93. The monoisotopic (exact) mass is 397 g/mol. The van der Waals surface area contributed by atoms with Gasteiger partial charge in [-0.3, -0.25) is 14.5 Å². The second kappa shape index (κ2) is 9.41. The predicted molar refractivity (Wildman–Crippen MR) is 113 cm³/mol. The van der Waals surface area contributed by atoms with Crippen LogP contribution in [0.2, 0.25) is 0 Å². The fourth-order valence-electron chi connectivity index (χ4n) is 2.79. The van der Waals surface area contributed by atoms with Gasteiger partial charge >= 0.3 is 0 Å². The molecular formula is C21H23N3O3S. The molecule has 1 fully saturated rings. The van der Waals surface area contributed by atoms with Crippen LogP contribution >= 0.6 is 11.8 Å². The summed E-state index contributed by atoms with van der Waals surface area (Å²) in [5.41, 5.74) is 1.42. The Morgan fingerprint density at radius 3 is 2.54 bits per heavy atom. The predicted octanol–water partition coefficient (Wildman–Crippen LogP) is 4.07. The van der Waals surface area contributed by atoms with Crippen molar-refractivity contribution in [2.45, 2.75) is 25.5 Å². The molecule has 2 aromatic carbocycles. The minimum absolute atomic E-state index is 0.0947. The van der Waals surface area contributed by atoms with Gasteiger partial charge in [0.2, 0.25) is 11.8 Å². The van der Waals surface area contributed by atoms with E-state index in [4.69, 9.17) is 4.74 Å². The van der Waals surface area contributed by atoms with Crippen molar-refractivity contribution < 1.29 is 14.3 Å². The Labute approximate surface area is 169 Å². The van der Waals surface area contributed by atoms with Crippen LogP contribution in [0.15, 0.2) is 59.6 Å². The first-order chi connectivity index (χ1) is 13.6. The van der Waals surface area contributed by atoms with Gasteiger partial charge in [-0.25, -0.2) is 4.99 Å². The molecule has 1 aliphatic rings. The number of carbonyl (C=O) groups is 2. The zero-order valence-electron chi connectivity index (χ0n) is 15.9. The van der Waals surface area contributed by atoms with Crippen LogP contribution in [0.1, 0.15) is 20.3 Å². The smallest absolute Gasteiger partial charge is 0.238 e. The van der Waals surface area contributed by atoms with Crippen molar-refractivity contribution >= 4 is 40.1 Å². The second-order valence-electron chi connectivity index (χ2n) is 6.13. The highest BCUT2D eigenvalue weighted by Gasteiger charge is 2.35. The van der Waals surface area contributed by atoms with Gasteiger partial charge in [0.15, 0.2) is 5.17 Å². The van der Waals surface area contributed by atoms with E-state index in [1.54, 1.807) is 29.2 Å². The number of nitrogens with zero attached hydrogens (tertiary/aromatic N) is 2. The summed E-state index contributed by atoms with van der Waals surface area (Å²) in [5.74, 6) is 0.445. The second-order valence-corrected chi connectivity index (χ2v) is 7.30. The summed E-state index contributed by atoms with van der Waals surface area (Å²) < 4.78 is 5.41. The summed E-state index contributed by atoms with van der Waals surface area (Å²) >= 11 is 1.32. The normalized spacial score (nSPS) is 18.2. The highest BCUT2D eigenvalue weighted by Crippen LogP contribution is 2.29. The number of benzene rings is 2. The number of ether oxygens (including phenoxy) is 1. The third kappa shape index (κ3) is 4.92. The van der Waals surface area contributed by atoms with E-state index in [1.807, 2.05) is 44.2 Å². The standard InChI is InChI=1S/C21H23N3O3S/c1-3-24-19(25)14-18(28-21(24)23-15-8-6-5-7-9-15)20(26)22-16-10-12-17(13-11-16)27-4-2/h5-13,18H,3-4,14H2,1-2H3,(H,22,26). The maximum atomic E-state index is 12.7. The largest absolute Gasteiger partial charge is 0.494 e. The number of amidine groups is 1. The summed E-state index contributed by atoms with van der Waals surface area (Å²) in [5, 5.41) is 2.91. The molecule has 3 rings (SSSR count). The molecule has 0 aliphatic carbocycles.